The Morgan fingerprint density at radius 3 is 2.60 bits per heavy atom. The molecule has 1 aromatic carbocycles. The predicted molar refractivity (Wildman–Crippen MR) is 91.0 cm³/mol. The van der Waals surface area contributed by atoms with Gasteiger partial charge in [-0.3, -0.25) is 4.79 Å². The van der Waals surface area contributed by atoms with Crippen LogP contribution in [0.5, 0.6) is 0 Å². The SMILES string of the molecule is C/C(=N\NC(=O)CSCc1ccccc1Br)C(C)(C)C. The van der Waals surface area contributed by atoms with Crippen LogP contribution < -0.4 is 5.43 Å². The Kier molecular flexibility index (Phi) is 6.76. The number of hydrogen-bond donors (Lipinski definition) is 1. The van der Waals surface area contributed by atoms with Crippen molar-refractivity contribution in [3.05, 3.63) is 34.3 Å². The van der Waals surface area contributed by atoms with Crippen molar-refractivity contribution in [2.24, 2.45) is 10.5 Å². The fourth-order valence-electron chi connectivity index (χ4n) is 1.22. The predicted octanol–water partition coefficient (Wildman–Crippen LogP) is 4.22. The zero-order valence-electron chi connectivity index (χ0n) is 12.4. The van der Waals surface area contributed by atoms with Gasteiger partial charge in [0.05, 0.1) is 5.75 Å². The lowest BCUT2D eigenvalue weighted by molar-refractivity contribution is -0.118. The van der Waals surface area contributed by atoms with Gasteiger partial charge >= 0.3 is 0 Å². The van der Waals surface area contributed by atoms with Crippen LogP contribution in [0, 0.1) is 5.41 Å². The Labute approximate surface area is 133 Å². The van der Waals surface area contributed by atoms with E-state index in [1.54, 1.807) is 11.8 Å². The summed E-state index contributed by atoms with van der Waals surface area (Å²) in [4.78, 5) is 11.7. The summed E-state index contributed by atoms with van der Waals surface area (Å²) < 4.78 is 1.08. The number of hydrogen-bond acceptors (Lipinski definition) is 3. The van der Waals surface area contributed by atoms with Crippen molar-refractivity contribution in [2.45, 2.75) is 33.4 Å². The third kappa shape index (κ3) is 6.09. The molecule has 0 radical (unpaired) electrons. The number of carbonyl (C=O) groups is 1. The van der Waals surface area contributed by atoms with Crippen molar-refractivity contribution in [1.82, 2.24) is 5.43 Å². The van der Waals surface area contributed by atoms with Crippen molar-refractivity contribution in [3.8, 4) is 0 Å². The van der Waals surface area contributed by atoms with E-state index in [1.165, 1.54) is 5.56 Å². The highest BCUT2D eigenvalue weighted by atomic mass is 79.9. The minimum absolute atomic E-state index is 0.0185. The van der Waals surface area contributed by atoms with Crippen molar-refractivity contribution in [2.75, 3.05) is 5.75 Å². The summed E-state index contributed by atoms with van der Waals surface area (Å²) in [6.07, 6.45) is 0. The second-order valence-electron chi connectivity index (χ2n) is 5.57. The molecule has 20 heavy (non-hydrogen) atoms. The molecule has 0 atom stereocenters. The van der Waals surface area contributed by atoms with E-state index in [9.17, 15) is 4.79 Å². The summed E-state index contributed by atoms with van der Waals surface area (Å²) in [6.45, 7) is 8.13. The second kappa shape index (κ2) is 7.84. The molecule has 5 heteroatoms. The highest BCUT2D eigenvalue weighted by Gasteiger charge is 2.14. The maximum absolute atomic E-state index is 11.7. The van der Waals surface area contributed by atoms with E-state index in [-0.39, 0.29) is 11.3 Å². The summed E-state index contributed by atoms with van der Waals surface area (Å²) in [5.74, 6) is 1.14. The van der Waals surface area contributed by atoms with Gasteiger partial charge in [-0.05, 0) is 18.6 Å². The number of carbonyl (C=O) groups excluding carboxylic acids is 1. The maximum atomic E-state index is 11.7. The number of nitrogens with one attached hydrogen (secondary N) is 1. The van der Waals surface area contributed by atoms with Gasteiger partial charge in [0.2, 0.25) is 5.91 Å². The minimum atomic E-state index is -0.0642. The Balaban J connectivity index is 2.36. The fraction of sp³-hybridized carbons (Fsp3) is 0.467. The van der Waals surface area contributed by atoms with Crippen LogP contribution in [-0.2, 0) is 10.5 Å². The Bertz CT molecular complexity index is 495. The number of thioether (sulfide) groups is 1. The molecule has 0 aliphatic rings. The smallest absolute Gasteiger partial charge is 0.250 e. The average Bonchev–Trinajstić information content (AvgIpc) is 2.37. The molecule has 1 N–H and O–H groups in total. The number of amides is 1. The number of benzene rings is 1. The lowest BCUT2D eigenvalue weighted by Gasteiger charge is -2.17. The third-order valence-corrected chi connectivity index (χ3v) is 4.64. The van der Waals surface area contributed by atoms with Gasteiger partial charge in [-0.2, -0.15) is 5.10 Å². The van der Waals surface area contributed by atoms with Crippen molar-refractivity contribution < 1.29 is 4.79 Å². The number of hydrazone groups is 1. The Morgan fingerprint density at radius 1 is 1.35 bits per heavy atom. The highest BCUT2D eigenvalue weighted by Crippen LogP contribution is 2.21. The average molecular weight is 357 g/mol. The Morgan fingerprint density at radius 2 is 2.00 bits per heavy atom. The lowest BCUT2D eigenvalue weighted by atomic mass is 9.91. The van der Waals surface area contributed by atoms with Crippen LogP contribution in [0.4, 0.5) is 0 Å². The molecule has 0 aromatic heterocycles. The molecule has 0 fully saturated rings. The fourth-order valence-corrected chi connectivity index (χ4v) is 2.65. The van der Waals surface area contributed by atoms with Crippen LogP contribution in [0.2, 0.25) is 0 Å². The Hall–Kier alpha value is -0.810. The summed E-state index contributed by atoms with van der Waals surface area (Å²) in [5, 5.41) is 4.13. The molecule has 0 saturated heterocycles. The lowest BCUT2D eigenvalue weighted by Crippen LogP contribution is -2.25. The van der Waals surface area contributed by atoms with Gasteiger partial charge in [0.15, 0.2) is 0 Å². The quantitative estimate of drug-likeness (QED) is 0.633. The molecular formula is C15H21BrN2OS. The highest BCUT2D eigenvalue weighted by molar-refractivity contribution is 9.10. The molecule has 0 bridgehead atoms. The van der Waals surface area contributed by atoms with Gasteiger partial charge in [-0.1, -0.05) is 54.9 Å². The molecule has 110 valence electrons. The van der Waals surface area contributed by atoms with Crippen molar-refractivity contribution >= 4 is 39.3 Å². The topological polar surface area (TPSA) is 41.5 Å². The van der Waals surface area contributed by atoms with E-state index in [2.05, 4.69) is 53.3 Å². The van der Waals surface area contributed by atoms with Crippen LogP contribution in [0.25, 0.3) is 0 Å². The molecule has 0 spiro atoms. The summed E-state index contributed by atoms with van der Waals surface area (Å²) in [5.41, 5.74) is 4.70. The zero-order valence-corrected chi connectivity index (χ0v) is 14.8. The first-order valence-corrected chi connectivity index (χ1v) is 8.40. The molecule has 1 rings (SSSR count). The van der Waals surface area contributed by atoms with Gasteiger partial charge in [0.1, 0.15) is 0 Å². The van der Waals surface area contributed by atoms with Gasteiger partial charge in [0.25, 0.3) is 0 Å². The number of rotatable bonds is 5. The van der Waals surface area contributed by atoms with Crippen molar-refractivity contribution in [3.63, 3.8) is 0 Å². The molecular weight excluding hydrogens is 336 g/mol. The monoisotopic (exact) mass is 356 g/mol. The zero-order chi connectivity index (χ0) is 15.2. The van der Waals surface area contributed by atoms with Gasteiger partial charge in [-0.15, -0.1) is 11.8 Å². The van der Waals surface area contributed by atoms with E-state index in [4.69, 9.17) is 0 Å². The summed E-state index contributed by atoms with van der Waals surface area (Å²) >= 11 is 5.08. The molecule has 0 heterocycles. The van der Waals surface area contributed by atoms with E-state index in [0.29, 0.717) is 5.75 Å². The van der Waals surface area contributed by atoms with Gasteiger partial charge in [-0.25, -0.2) is 5.43 Å². The largest absolute Gasteiger partial charge is 0.272 e. The van der Waals surface area contributed by atoms with Gasteiger partial charge in [0, 0.05) is 21.4 Å². The van der Waals surface area contributed by atoms with Crippen molar-refractivity contribution in [1.29, 1.82) is 0 Å². The second-order valence-corrected chi connectivity index (χ2v) is 7.41. The van der Waals surface area contributed by atoms with Crippen LogP contribution in [-0.4, -0.2) is 17.4 Å². The first-order valence-electron chi connectivity index (χ1n) is 6.45. The first-order chi connectivity index (χ1) is 9.30. The maximum Gasteiger partial charge on any atom is 0.250 e. The summed E-state index contributed by atoms with van der Waals surface area (Å²) in [7, 11) is 0. The summed E-state index contributed by atoms with van der Waals surface area (Å²) in [6, 6.07) is 8.04. The minimum Gasteiger partial charge on any atom is -0.272 e. The standard InChI is InChI=1S/C15H21BrN2OS/c1-11(15(2,3)4)17-18-14(19)10-20-9-12-7-5-6-8-13(12)16/h5-8H,9-10H2,1-4H3,(H,18,19)/b17-11+. The number of halogens is 1. The van der Waals surface area contributed by atoms with Crippen LogP contribution >= 0.6 is 27.7 Å². The van der Waals surface area contributed by atoms with E-state index in [0.717, 1.165) is 15.9 Å². The third-order valence-electron chi connectivity index (χ3n) is 2.88. The van der Waals surface area contributed by atoms with Crippen LogP contribution in [0.15, 0.2) is 33.8 Å². The molecule has 0 aliphatic carbocycles. The first kappa shape index (κ1) is 17.2. The van der Waals surface area contributed by atoms with E-state index < -0.39 is 0 Å². The molecule has 0 saturated carbocycles. The molecule has 1 aromatic rings. The molecule has 3 nitrogen and oxygen atoms in total. The molecule has 0 unspecified atom stereocenters. The number of nitrogens with zero attached hydrogens (tertiary/aromatic N) is 1. The van der Waals surface area contributed by atoms with E-state index in [1.807, 2.05) is 25.1 Å². The molecule has 0 aliphatic heterocycles. The van der Waals surface area contributed by atoms with E-state index >= 15 is 0 Å². The normalized spacial score (nSPS) is 12.3. The van der Waals surface area contributed by atoms with Crippen LogP contribution in [0.3, 0.4) is 0 Å². The van der Waals surface area contributed by atoms with Crippen LogP contribution in [0.1, 0.15) is 33.3 Å². The van der Waals surface area contributed by atoms with Gasteiger partial charge < -0.3 is 0 Å². The molecule has 1 amide bonds.